The minimum Gasteiger partial charge on any atom is -0.335 e. The van der Waals surface area contributed by atoms with Crippen molar-refractivity contribution in [1.82, 2.24) is 10.6 Å². The molecule has 0 saturated heterocycles. The number of hydrogen-bond donors (Lipinski definition) is 3. The second kappa shape index (κ2) is 3.87. The summed E-state index contributed by atoms with van der Waals surface area (Å²) < 4.78 is 25.0. The molecular weight excluding hydrogens is 180 g/mol. The zero-order chi connectivity index (χ0) is 9.90. The molecule has 1 rings (SSSR count). The number of amides is 2. The summed E-state index contributed by atoms with van der Waals surface area (Å²) in [4.78, 5) is 10.9. The second-order valence-corrected chi connectivity index (χ2v) is 3.16. The fraction of sp³-hybridized carbons (Fsp3) is 0.857. The highest BCUT2D eigenvalue weighted by atomic mass is 19.3. The van der Waals surface area contributed by atoms with E-state index in [4.69, 9.17) is 5.73 Å². The van der Waals surface area contributed by atoms with Gasteiger partial charge in [0.2, 0.25) is 0 Å². The van der Waals surface area contributed by atoms with Crippen LogP contribution in [-0.4, -0.2) is 31.1 Å². The van der Waals surface area contributed by atoms with E-state index in [-0.39, 0.29) is 6.04 Å². The molecule has 1 saturated carbocycles. The number of nitrogens with one attached hydrogen (secondary N) is 2. The Balaban J connectivity index is 2.13. The van der Waals surface area contributed by atoms with Gasteiger partial charge in [0.25, 0.3) is 5.92 Å². The van der Waals surface area contributed by atoms with Crippen molar-refractivity contribution in [3.8, 4) is 0 Å². The Kier molecular flexibility index (Phi) is 3.02. The van der Waals surface area contributed by atoms with E-state index in [9.17, 15) is 13.6 Å². The van der Waals surface area contributed by atoms with E-state index in [0.29, 0.717) is 0 Å². The third-order valence-corrected chi connectivity index (χ3v) is 1.72. The summed E-state index contributed by atoms with van der Waals surface area (Å²) in [7, 11) is 0. The molecule has 4 N–H and O–H groups in total. The molecule has 0 heterocycles. The van der Waals surface area contributed by atoms with Crippen LogP contribution in [0.4, 0.5) is 13.6 Å². The lowest BCUT2D eigenvalue weighted by molar-refractivity contribution is 0.0144. The van der Waals surface area contributed by atoms with E-state index < -0.39 is 25.0 Å². The molecule has 2 amide bonds. The molecule has 0 radical (unpaired) electrons. The van der Waals surface area contributed by atoms with Crippen LogP contribution in [0.3, 0.4) is 0 Å². The van der Waals surface area contributed by atoms with Crippen LogP contribution in [-0.2, 0) is 0 Å². The molecule has 0 unspecified atom stereocenters. The number of hydrogen-bond acceptors (Lipinski definition) is 2. The molecule has 0 spiro atoms. The van der Waals surface area contributed by atoms with Gasteiger partial charge in [-0.05, 0) is 12.8 Å². The molecule has 0 aromatic rings. The smallest absolute Gasteiger partial charge is 0.315 e. The minimum absolute atomic E-state index is 0.173. The van der Waals surface area contributed by atoms with Gasteiger partial charge in [-0.1, -0.05) is 0 Å². The predicted molar refractivity (Wildman–Crippen MR) is 43.6 cm³/mol. The first-order chi connectivity index (χ1) is 6.03. The minimum atomic E-state index is -3.01. The van der Waals surface area contributed by atoms with Gasteiger partial charge in [-0.15, -0.1) is 0 Å². The number of rotatable bonds is 4. The van der Waals surface area contributed by atoms with Crippen LogP contribution >= 0.6 is 0 Å². The van der Waals surface area contributed by atoms with Crippen LogP contribution in [0.5, 0.6) is 0 Å². The summed E-state index contributed by atoms with van der Waals surface area (Å²) in [5.74, 6) is -3.01. The standard InChI is InChI=1S/C7H13F2N3O/c8-7(9,3-10)4-11-6(13)12-5-1-2-5/h5H,1-4,10H2,(H2,11,12,13). The number of carbonyl (C=O) groups is 1. The van der Waals surface area contributed by atoms with Crippen molar-refractivity contribution in [3.05, 3.63) is 0 Å². The molecule has 0 bridgehead atoms. The highest BCUT2D eigenvalue weighted by molar-refractivity contribution is 5.74. The van der Waals surface area contributed by atoms with Gasteiger partial charge in [-0.25, -0.2) is 13.6 Å². The van der Waals surface area contributed by atoms with Crippen molar-refractivity contribution in [2.75, 3.05) is 13.1 Å². The average molecular weight is 193 g/mol. The Hall–Kier alpha value is -0.910. The Morgan fingerprint density at radius 2 is 2.15 bits per heavy atom. The summed E-state index contributed by atoms with van der Waals surface area (Å²) in [5, 5.41) is 4.59. The maximum Gasteiger partial charge on any atom is 0.315 e. The van der Waals surface area contributed by atoms with Crippen molar-refractivity contribution in [2.24, 2.45) is 5.73 Å². The van der Waals surface area contributed by atoms with E-state index in [1.54, 1.807) is 0 Å². The zero-order valence-corrected chi connectivity index (χ0v) is 7.15. The van der Waals surface area contributed by atoms with Gasteiger partial charge in [0.1, 0.15) is 0 Å². The van der Waals surface area contributed by atoms with Crippen LogP contribution in [0.1, 0.15) is 12.8 Å². The van der Waals surface area contributed by atoms with Gasteiger partial charge >= 0.3 is 6.03 Å². The zero-order valence-electron chi connectivity index (χ0n) is 7.15. The highest BCUT2D eigenvalue weighted by Crippen LogP contribution is 2.18. The van der Waals surface area contributed by atoms with E-state index in [0.717, 1.165) is 12.8 Å². The summed E-state index contributed by atoms with van der Waals surface area (Å²) in [5.41, 5.74) is 4.78. The second-order valence-electron chi connectivity index (χ2n) is 3.16. The SMILES string of the molecule is NCC(F)(F)CNC(=O)NC1CC1. The number of alkyl halides is 2. The maximum absolute atomic E-state index is 12.5. The fourth-order valence-electron chi connectivity index (χ4n) is 0.746. The molecule has 6 heteroatoms. The first-order valence-electron chi connectivity index (χ1n) is 4.16. The first kappa shape index (κ1) is 10.2. The lowest BCUT2D eigenvalue weighted by Gasteiger charge is -2.14. The summed E-state index contributed by atoms with van der Waals surface area (Å²) in [6.07, 6.45) is 1.86. The molecule has 0 atom stereocenters. The van der Waals surface area contributed by atoms with Gasteiger partial charge in [-0.3, -0.25) is 0 Å². The largest absolute Gasteiger partial charge is 0.335 e. The van der Waals surface area contributed by atoms with Crippen LogP contribution in [0, 0.1) is 0 Å². The van der Waals surface area contributed by atoms with Crippen LogP contribution < -0.4 is 16.4 Å². The van der Waals surface area contributed by atoms with E-state index in [2.05, 4.69) is 10.6 Å². The molecule has 4 nitrogen and oxygen atoms in total. The van der Waals surface area contributed by atoms with Crippen LogP contribution in [0.15, 0.2) is 0 Å². The predicted octanol–water partition coefficient (Wildman–Crippen LogP) is 0.0420. The van der Waals surface area contributed by atoms with Crippen molar-refractivity contribution >= 4 is 6.03 Å². The lowest BCUT2D eigenvalue weighted by Crippen LogP contribution is -2.45. The molecule has 0 aromatic carbocycles. The summed E-state index contributed by atoms with van der Waals surface area (Å²) >= 11 is 0. The third kappa shape index (κ3) is 4.02. The van der Waals surface area contributed by atoms with E-state index in [1.807, 2.05) is 0 Å². The number of nitrogens with two attached hydrogens (primary N) is 1. The lowest BCUT2D eigenvalue weighted by atomic mass is 10.3. The Morgan fingerprint density at radius 3 is 2.62 bits per heavy atom. The monoisotopic (exact) mass is 193 g/mol. The first-order valence-corrected chi connectivity index (χ1v) is 4.16. The van der Waals surface area contributed by atoms with Gasteiger partial charge in [0.15, 0.2) is 0 Å². The number of halogens is 2. The molecule has 0 aromatic heterocycles. The molecule has 76 valence electrons. The average Bonchev–Trinajstić information content (AvgIpc) is 2.85. The molecular formula is C7H13F2N3O. The van der Waals surface area contributed by atoms with Crippen molar-refractivity contribution < 1.29 is 13.6 Å². The highest BCUT2D eigenvalue weighted by Gasteiger charge is 2.28. The molecule has 1 aliphatic carbocycles. The van der Waals surface area contributed by atoms with Gasteiger partial charge in [0, 0.05) is 6.04 Å². The number of carbonyl (C=O) groups excluding carboxylic acids is 1. The topological polar surface area (TPSA) is 67.1 Å². The number of urea groups is 1. The Bertz CT molecular complexity index is 194. The van der Waals surface area contributed by atoms with Crippen molar-refractivity contribution in [3.63, 3.8) is 0 Å². The van der Waals surface area contributed by atoms with E-state index in [1.165, 1.54) is 0 Å². The van der Waals surface area contributed by atoms with Gasteiger partial charge in [-0.2, -0.15) is 0 Å². The fourth-order valence-corrected chi connectivity index (χ4v) is 0.746. The molecule has 1 aliphatic rings. The van der Waals surface area contributed by atoms with Crippen LogP contribution in [0.25, 0.3) is 0 Å². The van der Waals surface area contributed by atoms with Gasteiger partial charge < -0.3 is 16.4 Å². The molecule has 1 fully saturated rings. The quantitative estimate of drug-likeness (QED) is 0.590. The summed E-state index contributed by atoms with van der Waals surface area (Å²) in [6.45, 7) is -1.46. The molecule has 0 aliphatic heterocycles. The van der Waals surface area contributed by atoms with Crippen LogP contribution in [0.2, 0.25) is 0 Å². The Labute approximate surface area is 74.9 Å². The normalized spacial score (nSPS) is 16.8. The van der Waals surface area contributed by atoms with Crippen molar-refractivity contribution in [2.45, 2.75) is 24.8 Å². The molecule has 13 heavy (non-hydrogen) atoms. The summed E-state index contributed by atoms with van der Waals surface area (Å²) in [6, 6.07) is -0.373. The van der Waals surface area contributed by atoms with Crippen molar-refractivity contribution in [1.29, 1.82) is 0 Å². The van der Waals surface area contributed by atoms with Gasteiger partial charge in [0.05, 0.1) is 13.1 Å². The van der Waals surface area contributed by atoms with E-state index >= 15 is 0 Å². The maximum atomic E-state index is 12.5. The Morgan fingerprint density at radius 1 is 1.54 bits per heavy atom. The third-order valence-electron chi connectivity index (χ3n) is 1.72.